The van der Waals surface area contributed by atoms with Gasteiger partial charge in [-0.2, -0.15) is 0 Å². The van der Waals surface area contributed by atoms with E-state index >= 15 is 0 Å². The summed E-state index contributed by atoms with van der Waals surface area (Å²) >= 11 is 0. The second kappa shape index (κ2) is 10.7. The van der Waals surface area contributed by atoms with Crippen LogP contribution < -0.4 is 15.8 Å². The van der Waals surface area contributed by atoms with Gasteiger partial charge in [0.15, 0.2) is 5.82 Å². The summed E-state index contributed by atoms with van der Waals surface area (Å²) in [5.74, 6) is -0.335. The number of para-hydroxylation sites is 2. The van der Waals surface area contributed by atoms with Gasteiger partial charge in [-0.05, 0) is 57.1 Å². The minimum atomic E-state index is -0.856. The standard InChI is InChI=1S/C29H41N5O3/c35-27(36)18-30-20-14-15-32(19-20)28-29(37)34(26-11-7-6-10-25(26)31-28)24-16-22-12-13-23(17-24)33(22)21-8-4-2-1-3-5-9-21/h6-7,10-11,20-24,30H,1-5,8-9,12-19H2,(H,35,36)/t20?,22-,23?,24?/m0/s1. The number of carboxylic acids is 1. The number of hydrogen-bond acceptors (Lipinski definition) is 6. The van der Waals surface area contributed by atoms with Gasteiger partial charge in [-0.3, -0.25) is 14.5 Å². The van der Waals surface area contributed by atoms with E-state index in [0.29, 0.717) is 31.0 Å². The van der Waals surface area contributed by atoms with Crippen LogP contribution in [-0.4, -0.2) is 69.3 Å². The summed E-state index contributed by atoms with van der Waals surface area (Å²) in [6, 6.07) is 10.2. The molecule has 0 radical (unpaired) electrons. The molecule has 2 aromatic rings. The van der Waals surface area contributed by atoms with Gasteiger partial charge in [0, 0.05) is 43.3 Å². The summed E-state index contributed by atoms with van der Waals surface area (Å²) in [7, 11) is 0. The molecule has 8 nitrogen and oxygen atoms in total. The van der Waals surface area contributed by atoms with Crippen molar-refractivity contribution < 1.29 is 9.90 Å². The van der Waals surface area contributed by atoms with Gasteiger partial charge >= 0.3 is 5.97 Å². The van der Waals surface area contributed by atoms with Gasteiger partial charge in [0.2, 0.25) is 0 Å². The molecule has 200 valence electrons. The van der Waals surface area contributed by atoms with E-state index in [4.69, 9.17) is 10.1 Å². The second-order valence-corrected chi connectivity index (χ2v) is 11.8. The number of anilines is 1. The number of hydrogen-bond donors (Lipinski definition) is 2. The number of fused-ring (bicyclic) bond motifs is 3. The van der Waals surface area contributed by atoms with E-state index in [1.807, 2.05) is 18.2 Å². The summed E-state index contributed by atoms with van der Waals surface area (Å²) in [6.07, 6.45) is 15.0. The van der Waals surface area contributed by atoms with Gasteiger partial charge in [-0.15, -0.1) is 0 Å². The Morgan fingerprint density at radius 1 is 0.919 bits per heavy atom. The first-order chi connectivity index (χ1) is 18.1. The summed E-state index contributed by atoms with van der Waals surface area (Å²) < 4.78 is 2.08. The zero-order valence-electron chi connectivity index (χ0n) is 21.9. The highest BCUT2D eigenvalue weighted by molar-refractivity contribution is 5.76. The van der Waals surface area contributed by atoms with Gasteiger partial charge in [-0.25, -0.2) is 4.98 Å². The van der Waals surface area contributed by atoms with Gasteiger partial charge in [-0.1, -0.05) is 44.2 Å². The Kier molecular flexibility index (Phi) is 7.21. The molecule has 37 heavy (non-hydrogen) atoms. The normalized spacial score (nSPS) is 29.5. The number of aliphatic carboxylic acids is 1. The fraction of sp³-hybridized carbons (Fsp3) is 0.690. The number of rotatable bonds is 6. The van der Waals surface area contributed by atoms with Crippen LogP contribution in [0.3, 0.4) is 0 Å². The van der Waals surface area contributed by atoms with E-state index in [1.165, 1.54) is 57.8 Å². The van der Waals surface area contributed by atoms with Gasteiger partial charge < -0.3 is 19.9 Å². The Bertz CT molecular complexity index is 1160. The van der Waals surface area contributed by atoms with Gasteiger partial charge in [0.1, 0.15) is 0 Å². The number of aromatic nitrogens is 2. The smallest absolute Gasteiger partial charge is 0.317 e. The molecule has 8 heteroatoms. The maximum atomic E-state index is 14.1. The maximum absolute atomic E-state index is 14.1. The van der Waals surface area contributed by atoms with E-state index in [0.717, 1.165) is 36.3 Å². The third kappa shape index (κ3) is 5.02. The number of nitrogens with zero attached hydrogens (tertiary/aromatic N) is 4. The predicted octanol–water partition coefficient (Wildman–Crippen LogP) is 3.93. The fourth-order valence-corrected chi connectivity index (χ4v) is 7.79. The van der Waals surface area contributed by atoms with E-state index in [-0.39, 0.29) is 24.2 Å². The Balaban J connectivity index is 1.27. The lowest BCUT2D eigenvalue weighted by Crippen LogP contribution is -2.50. The Morgan fingerprint density at radius 3 is 2.35 bits per heavy atom. The number of carbonyl (C=O) groups is 1. The molecule has 0 amide bonds. The zero-order chi connectivity index (χ0) is 25.4. The second-order valence-electron chi connectivity index (χ2n) is 11.8. The average molecular weight is 508 g/mol. The van der Waals surface area contributed by atoms with Crippen molar-refractivity contribution in [1.82, 2.24) is 19.8 Å². The summed E-state index contributed by atoms with van der Waals surface area (Å²) in [5.41, 5.74) is 1.83. The third-order valence-corrected chi connectivity index (χ3v) is 9.43. The van der Waals surface area contributed by atoms with Crippen LogP contribution in [0.25, 0.3) is 11.0 Å². The van der Waals surface area contributed by atoms with Crippen LogP contribution in [0.1, 0.15) is 83.1 Å². The van der Waals surface area contributed by atoms with Crippen LogP contribution in [0.15, 0.2) is 29.1 Å². The van der Waals surface area contributed by atoms with Crippen molar-refractivity contribution in [3.8, 4) is 0 Å². The van der Waals surface area contributed by atoms with Crippen molar-refractivity contribution in [3.63, 3.8) is 0 Å². The van der Waals surface area contributed by atoms with Crippen LogP contribution in [0.2, 0.25) is 0 Å². The maximum Gasteiger partial charge on any atom is 0.317 e. The van der Waals surface area contributed by atoms with Crippen LogP contribution in [0, 0.1) is 0 Å². The first-order valence-electron chi connectivity index (χ1n) is 14.6. The lowest BCUT2D eigenvalue weighted by molar-refractivity contribution is -0.136. The first-order valence-corrected chi connectivity index (χ1v) is 14.6. The average Bonchev–Trinajstić information content (AvgIpc) is 3.44. The van der Waals surface area contributed by atoms with Crippen LogP contribution in [-0.2, 0) is 4.79 Å². The Labute approximate surface area is 219 Å². The number of nitrogens with one attached hydrogen (secondary N) is 1. The SMILES string of the molecule is O=C(O)CNC1CCN(c2nc3ccccc3n(C3CC4CC[C@@H](C3)N4C3CCCCCCC3)c2=O)C1. The molecule has 1 saturated carbocycles. The summed E-state index contributed by atoms with van der Waals surface area (Å²) in [4.78, 5) is 34.9. The largest absolute Gasteiger partial charge is 0.480 e. The number of benzene rings is 1. The third-order valence-electron chi connectivity index (χ3n) is 9.43. The molecule has 1 aliphatic carbocycles. The van der Waals surface area contributed by atoms with E-state index in [2.05, 4.69) is 25.8 Å². The highest BCUT2D eigenvalue weighted by Crippen LogP contribution is 2.44. The van der Waals surface area contributed by atoms with Crippen molar-refractivity contribution in [1.29, 1.82) is 0 Å². The molecule has 4 aliphatic rings. The van der Waals surface area contributed by atoms with Crippen molar-refractivity contribution in [2.75, 3.05) is 24.5 Å². The molecule has 0 spiro atoms. The quantitative estimate of drug-likeness (QED) is 0.612. The molecule has 4 atom stereocenters. The molecular weight excluding hydrogens is 466 g/mol. The Hall–Kier alpha value is -2.45. The minimum absolute atomic E-state index is 0.0152. The van der Waals surface area contributed by atoms with Gasteiger partial charge in [0.25, 0.3) is 5.56 Å². The van der Waals surface area contributed by atoms with Crippen LogP contribution >= 0.6 is 0 Å². The molecule has 4 fully saturated rings. The summed E-state index contributed by atoms with van der Waals surface area (Å²) in [6.45, 7) is 1.26. The molecule has 3 aliphatic heterocycles. The molecule has 2 bridgehead atoms. The summed E-state index contributed by atoms with van der Waals surface area (Å²) in [5, 5.41) is 12.1. The highest BCUT2D eigenvalue weighted by Gasteiger charge is 2.44. The van der Waals surface area contributed by atoms with Crippen molar-refractivity contribution in [2.45, 2.75) is 107 Å². The molecule has 3 saturated heterocycles. The van der Waals surface area contributed by atoms with Crippen molar-refractivity contribution in [2.24, 2.45) is 0 Å². The monoisotopic (exact) mass is 507 g/mol. The van der Waals surface area contributed by atoms with Crippen molar-refractivity contribution in [3.05, 3.63) is 34.6 Å². The first kappa shape index (κ1) is 24.9. The van der Waals surface area contributed by atoms with E-state index in [1.54, 1.807) is 0 Å². The molecular formula is C29H41N5O3. The fourth-order valence-electron chi connectivity index (χ4n) is 7.79. The molecule has 3 unspecified atom stereocenters. The topological polar surface area (TPSA) is 90.7 Å². The van der Waals surface area contributed by atoms with Crippen LogP contribution in [0.4, 0.5) is 5.82 Å². The van der Waals surface area contributed by atoms with E-state index < -0.39 is 5.97 Å². The molecule has 1 aromatic carbocycles. The minimum Gasteiger partial charge on any atom is -0.480 e. The highest BCUT2D eigenvalue weighted by atomic mass is 16.4. The molecule has 6 rings (SSSR count). The lowest BCUT2D eigenvalue weighted by Gasteiger charge is -2.45. The van der Waals surface area contributed by atoms with Crippen molar-refractivity contribution >= 4 is 22.8 Å². The van der Waals surface area contributed by atoms with Gasteiger partial charge in [0.05, 0.1) is 17.6 Å². The predicted molar refractivity (Wildman–Crippen MR) is 145 cm³/mol. The Morgan fingerprint density at radius 2 is 1.62 bits per heavy atom. The molecule has 2 N–H and O–H groups in total. The zero-order valence-corrected chi connectivity index (χ0v) is 21.9. The number of piperidine rings is 1. The lowest BCUT2D eigenvalue weighted by atomic mass is 9.89. The van der Waals surface area contributed by atoms with Crippen LogP contribution in [0.5, 0.6) is 0 Å². The molecule has 4 heterocycles. The van der Waals surface area contributed by atoms with E-state index in [9.17, 15) is 9.59 Å². The molecule has 1 aromatic heterocycles. The number of carboxylic acid groups (broad SMARTS) is 1.